The first-order chi connectivity index (χ1) is 9.47. The fourth-order valence-electron chi connectivity index (χ4n) is 2.54. The molecule has 2 rings (SSSR count). The van der Waals surface area contributed by atoms with Crippen molar-refractivity contribution in [3.05, 3.63) is 40.6 Å². The molecule has 2 aromatic rings. The molecule has 0 unspecified atom stereocenters. The predicted molar refractivity (Wildman–Crippen MR) is 83.3 cm³/mol. The van der Waals surface area contributed by atoms with E-state index in [2.05, 4.69) is 43.2 Å². The van der Waals surface area contributed by atoms with E-state index in [0.29, 0.717) is 11.5 Å². The van der Waals surface area contributed by atoms with Crippen LogP contribution in [0.25, 0.3) is 10.9 Å². The monoisotopic (exact) mass is 270 g/mol. The summed E-state index contributed by atoms with van der Waals surface area (Å²) in [6, 6.07) is 6.25. The standard InChI is InChI=1S/C17H22N2O/c1-6-12-8-14-13(10(2)3)7-11(4)19-16(14)15(9-12)17(20)18-5/h7-10H,6H2,1-5H3,(H,18,20). The molecule has 0 fully saturated rings. The molecule has 0 spiro atoms. The Hall–Kier alpha value is -1.90. The van der Waals surface area contributed by atoms with Gasteiger partial charge >= 0.3 is 0 Å². The fraction of sp³-hybridized carbons (Fsp3) is 0.412. The van der Waals surface area contributed by atoms with E-state index < -0.39 is 0 Å². The molecule has 20 heavy (non-hydrogen) atoms. The van der Waals surface area contributed by atoms with Crippen molar-refractivity contribution in [2.45, 2.75) is 40.0 Å². The molecule has 0 atom stereocenters. The van der Waals surface area contributed by atoms with E-state index >= 15 is 0 Å². The van der Waals surface area contributed by atoms with Gasteiger partial charge in [0.15, 0.2) is 0 Å². The largest absolute Gasteiger partial charge is 0.355 e. The summed E-state index contributed by atoms with van der Waals surface area (Å²) >= 11 is 0. The third-order valence-corrected chi connectivity index (χ3v) is 3.64. The first kappa shape index (κ1) is 14.5. The van der Waals surface area contributed by atoms with Crippen LogP contribution in [0.4, 0.5) is 0 Å². The molecule has 1 N–H and O–H groups in total. The SMILES string of the molecule is CCc1cc(C(=O)NC)c2nc(C)cc(C(C)C)c2c1. The molecular weight excluding hydrogens is 248 g/mol. The summed E-state index contributed by atoms with van der Waals surface area (Å²) in [6.45, 7) is 8.43. The van der Waals surface area contributed by atoms with E-state index in [1.165, 1.54) is 11.1 Å². The van der Waals surface area contributed by atoms with Gasteiger partial charge in [-0.1, -0.05) is 20.8 Å². The van der Waals surface area contributed by atoms with Crippen LogP contribution in [0.15, 0.2) is 18.2 Å². The fourth-order valence-corrected chi connectivity index (χ4v) is 2.54. The average Bonchev–Trinajstić information content (AvgIpc) is 2.44. The zero-order valence-electron chi connectivity index (χ0n) is 12.9. The molecule has 3 nitrogen and oxygen atoms in total. The van der Waals surface area contributed by atoms with Crippen LogP contribution in [0.5, 0.6) is 0 Å². The molecule has 1 amide bonds. The van der Waals surface area contributed by atoms with Crippen molar-refractivity contribution >= 4 is 16.8 Å². The second-order valence-corrected chi connectivity index (χ2v) is 5.48. The normalized spacial score (nSPS) is 11.1. The van der Waals surface area contributed by atoms with Gasteiger partial charge in [0.1, 0.15) is 0 Å². The quantitative estimate of drug-likeness (QED) is 0.926. The highest BCUT2D eigenvalue weighted by atomic mass is 16.1. The maximum absolute atomic E-state index is 12.1. The van der Waals surface area contributed by atoms with E-state index in [1.54, 1.807) is 7.05 Å². The molecule has 0 aliphatic heterocycles. The zero-order valence-corrected chi connectivity index (χ0v) is 12.9. The number of hydrogen-bond acceptors (Lipinski definition) is 2. The van der Waals surface area contributed by atoms with Crippen LogP contribution in [0, 0.1) is 6.92 Å². The topological polar surface area (TPSA) is 42.0 Å². The minimum Gasteiger partial charge on any atom is -0.355 e. The number of carbonyl (C=O) groups excluding carboxylic acids is 1. The van der Waals surface area contributed by atoms with Gasteiger partial charge in [-0.05, 0) is 48.6 Å². The van der Waals surface area contributed by atoms with E-state index in [1.807, 2.05) is 13.0 Å². The Bertz CT molecular complexity index is 660. The van der Waals surface area contributed by atoms with Crippen molar-refractivity contribution in [3.63, 3.8) is 0 Å². The average molecular weight is 270 g/mol. The maximum atomic E-state index is 12.1. The number of aromatic nitrogens is 1. The Morgan fingerprint density at radius 3 is 2.55 bits per heavy atom. The van der Waals surface area contributed by atoms with Gasteiger partial charge in [-0.15, -0.1) is 0 Å². The van der Waals surface area contributed by atoms with E-state index in [9.17, 15) is 4.79 Å². The Balaban J connectivity index is 2.88. The number of pyridine rings is 1. The first-order valence-corrected chi connectivity index (χ1v) is 7.14. The van der Waals surface area contributed by atoms with Crippen LogP contribution in [0.3, 0.4) is 0 Å². The minimum absolute atomic E-state index is 0.0712. The van der Waals surface area contributed by atoms with E-state index in [0.717, 1.165) is 23.0 Å². The number of benzene rings is 1. The molecule has 3 heteroatoms. The van der Waals surface area contributed by atoms with Crippen molar-refractivity contribution in [1.82, 2.24) is 10.3 Å². The van der Waals surface area contributed by atoms with Gasteiger partial charge < -0.3 is 5.32 Å². The smallest absolute Gasteiger partial charge is 0.253 e. The molecule has 0 aliphatic rings. The summed E-state index contributed by atoms with van der Waals surface area (Å²) in [5.74, 6) is 0.335. The second-order valence-electron chi connectivity index (χ2n) is 5.48. The molecule has 1 heterocycles. The highest BCUT2D eigenvalue weighted by Crippen LogP contribution is 2.29. The van der Waals surface area contributed by atoms with Crippen molar-refractivity contribution < 1.29 is 4.79 Å². The van der Waals surface area contributed by atoms with Crippen LogP contribution in [-0.2, 0) is 6.42 Å². The van der Waals surface area contributed by atoms with Gasteiger partial charge in [-0.25, -0.2) is 0 Å². The molecule has 0 bridgehead atoms. The Morgan fingerprint density at radius 2 is 2.00 bits per heavy atom. The molecular formula is C17H22N2O. The third-order valence-electron chi connectivity index (χ3n) is 3.64. The highest BCUT2D eigenvalue weighted by Gasteiger charge is 2.15. The number of carbonyl (C=O) groups is 1. The van der Waals surface area contributed by atoms with Crippen LogP contribution >= 0.6 is 0 Å². The van der Waals surface area contributed by atoms with Crippen molar-refractivity contribution in [1.29, 1.82) is 0 Å². The summed E-state index contributed by atoms with van der Waals surface area (Å²) in [5.41, 5.74) is 4.87. The summed E-state index contributed by atoms with van der Waals surface area (Å²) in [7, 11) is 1.66. The molecule has 106 valence electrons. The lowest BCUT2D eigenvalue weighted by molar-refractivity contribution is 0.0964. The summed E-state index contributed by atoms with van der Waals surface area (Å²) in [6.07, 6.45) is 0.908. The van der Waals surface area contributed by atoms with E-state index in [4.69, 9.17) is 0 Å². The number of rotatable bonds is 3. The third kappa shape index (κ3) is 2.53. The Labute approximate surface area is 120 Å². The molecule has 0 saturated heterocycles. The van der Waals surface area contributed by atoms with Crippen molar-refractivity contribution in [2.75, 3.05) is 7.05 Å². The molecule has 0 radical (unpaired) electrons. The van der Waals surface area contributed by atoms with Gasteiger partial charge in [-0.3, -0.25) is 9.78 Å². The minimum atomic E-state index is -0.0712. The number of amides is 1. The van der Waals surface area contributed by atoms with E-state index in [-0.39, 0.29) is 5.91 Å². The van der Waals surface area contributed by atoms with Gasteiger partial charge in [0.05, 0.1) is 11.1 Å². The number of nitrogens with zero attached hydrogens (tertiary/aromatic N) is 1. The Morgan fingerprint density at radius 1 is 1.30 bits per heavy atom. The summed E-state index contributed by atoms with van der Waals surface area (Å²) in [5, 5.41) is 3.81. The van der Waals surface area contributed by atoms with Crippen LogP contribution < -0.4 is 5.32 Å². The lowest BCUT2D eigenvalue weighted by atomic mass is 9.93. The van der Waals surface area contributed by atoms with Crippen molar-refractivity contribution in [3.8, 4) is 0 Å². The van der Waals surface area contributed by atoms with Gasteiger partial charge in [0.2, 0.25) is 0 Å². The summed E-state index contributed by atoms with van der Waals surface area (Å²) in [4.78, 5) is 16.7. The first-order valence-electron chi connectivity index (χ1n) is 7.14. The van der Waals surface area contributed by atoms with Crippen LogP contribution in [0.2, 0.25) is 0 Å². The molecule has 0 aliphatic carbocycles. The van der Waals surface area contributed by atoms with Gasteiger partial charge in [0.25, 0.3) is 5.91 Å². The number of nitrogens with one attached hydrogen (secondary N) is 1. The van der Waals surface area contributed by atoms with Gasteiger partial charge in [-0.2, -0.15) is 0 Å². The number of fused-ring (bicyclic) bond motifs is 1. The number of aryl methyl sites for hydroxylation is 2. The predicted octanol–water partition coefficient (Wildman–Crippen LogP) is 3.59. The summed E-state index contributed by atoms with van der Waals surface area (Å²) < 4.78 is 0. The maximum Gasteiger partial charge on any atom is 0.253 e. The molecule has 1 aromatic carbocycles. The van der Waals surface area contributed by atoms with Crippen molar-refractivity contribution in [2.24, 2.45) is 0 Å². The lowest BCUT2D eigenvalue weighted by Crippen LogP contribution is -2.19. The van der Waals surface area contributed by atoms with Crippen LogP contribution in [0.1, 0.15) is 53.9 Å². The number of hydrogen-bond donors (Lipinski definition) is 1. The molecule has 1 aromatic heterocycles. The Kier molecular flexibility index (Phi) is 4.07. The van der Waals surface area contributed by atoms with Gasteiger partial charge in [0, 0.05) is 18.1 Å². The second kappa shape index (κ2) is 5.61. The lowest BCUT2D eigenvalue weighted by Gasteiger charge is -2.15. The van der Waals surface area contributed by atoms with Crippen LogP contribution in [-0.4, -0.2) is 17.9 Å². The zero-order chi connectivity index (χ0) is 14.9. The molecule has 0 saturated carbocycles. The highest BCUT2D eigenvalue weighted by molar-refractivity contribution is 6.06.